The van der Waals surface area contributed by atoms with Gasteiger partial charge in [-0.15, -0.1) is 0 Å². The highest BCUT2D eigenvalue weighted by Crippen LogP contribution is 2.36. The first kappa shape index (κ1) is 24.1. The highest BCUT2D eigenvalue weighted by Gasteiger charge is 2.33. The van der Waals surface area contributed by atoms with Crippen LogP contribution in [0.4, 0.5) is 18.9 Å². The van der Waals surface area contributed by atoms with Gasteiger partial charge in [0.15, 0.2) is 0 Å². The van der Waals surface area contributed by atoms with E-state index in [1.54, 1.807) is 4.90 Å². The van der Waals surface area contributed by atoms with Gasteiger partial charge in [0, 0.05) is 43.9 Å². The van der Waals surface area contributed by atoms with Crippen LogP contribution in [0.5, 0.6) is 0 Å². The Bertz CT molecular complexity index is 966. The quantitative estimate of drug-likeness (QED) is 0.694. The van der Waals surface area contributed by atoms with E-state index in [2.05, 4.69) is 10.5 Å². The van der Waals surface area contributed by atoms with Gasteiger partial charge in [0.1, 0.15) is 5.76 Å². The Balaban J connectivity index is 1.45. The molecule has 2 amide bonds. The number of benzene rings is 1. The van der Waals surface area contributed by atoms with Crippen molar-refractivity contribution in [2.24, 2.45) is 0 Å². The number of aryl methyl sites for hydroxylation is 2. The summed E-state index contributed by atoms with van der Waals surface area (Å²) >= 11 is 5.60. The molecule has 3 rings (SSSR count). The van der Waals surface area contributed by atoms with Crippen molar-refractivity contribution in [1.29, 1.82) is 0 Å². The molecule has 1 aromatic heterocycles. The molecule has 32 heavy (non-hydrogen) atoms. The van der Waals surface area contributed by atoms with Crippen LogP contribution in [-0.2, 0) is 22.2 Å². The van der Waals surface area contributed by atoms with Crippen molar-refractivity contribution in [3.05, 3.63) is 45.8 Å². The molecule has 7 nitrogen and oxygen atoms in total. The fourth-order valence-corrected chi connectivity index (χ4v) is 3.85. The van der Waals surface area contributed by atoms with Gasteiger partial charge < -0.3 is 14.7 Å². The molecule has 2 heterocycles. The predicted molar refractivity (Wildman–Crippen MR) is 112 cm³/mol. The lowest BCUT2D eigenvalue weighted by Gasteiger charge is -2.34. The highest BCUT2D eigenvalue weighted by molar-refractivity contribution is 6.31. The van der Waals surface area contributed by atoms with Crippen LogP contribution in [0.15, 0.2) is 22.7 Å². The van der Waals surface area contributed by atoms with E-state index in [1.807, 2.05) is 18.7 Å². The van der Waals surface area contributed by atoms with Crippen molar-refractivity contribution in [1.82, 2.24) is 15.0 Å². The number of aromatic nitrogens is 1. The summed E-state index contributed by atoms with van der Waals surface area (Å²) in [5.41, 5.74) is 0.763. The van der Waals surface area contributed by atoms with E-state index >= 15 is 0 Å². The molecule has 174 valence electrons. The normalized spacial score (nSPS) is 15.1. The summed E-state index contributed by atoms with van der Waals surface area (Å²) in [5, 5.41) is 5.94. The number of hydrogen-bond acceptors (Lipinski definition) is 5. The standard InChI is InChI=1S/C21H24ClF3N4O3/c1-13-16(14(2)32-27-13)4-6-20(31)29-9-7-28(8-10-29)12-19(30)26-15-3-5-18(22)17(11-15)21(23,24)25/h3,5,11H,4,6-10,12H2,1-2H3,(H,26,30). The fourth-order valence-electron chi connectivity index (χ4n) is 3.63. The number of hydrogen-bond donors (Lipinski definition) is 1. The molecule has 0 saturated carbocycles. The molecular weight excluding hydrogens is 449 g/mol. The summed E-state index contributed by atoms with van der Waals surface area (Å²) in [5.74, 6) is 0.308. The minimum atomic E-state index is -4.60. The number of piperazine rings is 1. The Morgan fingerprint density at radius 1 is 1.19 bits per heavy atom. The highest BCUT2D eigenvalue weighted by atomic mass is 35.5. The molecule has 11 heteroatoms. The fraction of sp³-hybridized carbons (Fsp3) is 0.476. The monoisotopic (exact) mass is 472 g/mol. The largest absolute Gasteiger partial charge is 0.417 e. The summed E-state index contributed by atoms with van der Waals surface area (Å²) in [6, 6.07) is 3.24. The Hall–Kier alpha value is -2.59. The van der Waals surface area contributed by atoms with E-state index in [9.17, 15) is 22.8 Å². The van der Waals surface area contributed by atoms with Gasteiger partial charge in [0.05, 0.1) is 22.8 Å². The SMILES string of the molecule is Cc1noc(C)c1CCC(=O)N1CCN(CC(=O)Nc2ccc(Cl)c(C(F)(F)F)c2)CC1. The molecule has 1 aromatic carbocycles. The maximum atomic E-state index is 13.0. The summed E-state index contributed by atoms with van der Waals surface area (Å²) in [6.07, 6.45) is -3.70. The van der Waals surface area contributed by atoms with Crippen LogP contribution < -0.4 is 5.32 Å². The van der Waals surface area contributed by atoms with Crippen molar-refractivity contribution in [2.45, 2.75) is 32.9 Å². The molecule has 0 bridgehead atoms. The smallest absolute Gasteiger partial charge is 0.361 e. The number of nitrogens with one attached hydrogen (secondary N) is 1. The molecule has 0 spiro atoms. The Morgan fingerprint density at radius 2 is 1.88 bits per heavy atom. The third-order valence-corrected chi connectivity index (χ3v) is 5.75. The zero-order valence-electron chi connectivity index (χ0n) is 17.8. The second kappa shape index (κ2) is 9.91. The van der Waals surface area contributed by atoms with E-state index in [-0.39, 0.29) is 18.1 Å². The van der Waals surface area contributed by atoms with Gasteiger partial charge in [-0.3, -0.25) is 14.5 Å². The zero-order valence-corrected chi connectivity index (χ0v) is 18.5. The number of rotatable bonds is 6. The molecule has 0 unspecified atom stereocenters. The van der Waals surface area contributed by atoms with Crippen molar-refractivity contribution < 1.29 is 27.3 Å². The van der Waals surface area contributed by atoms with Crippen LogP contribution >= 0.6 is 11.6 Å². The first-order valence-corrected chi connectivity index (χ1v) is 10.5. The maximum absolute atomic E-state index is 13.0. The van der Waals surface area contributed by atoms with E-state index < -0.39 is 22.7 Å². The number of carbonyl (C=O) groups is 2. The van der Waals surface area contributed by atoms with E-state index in [4.69, 9.17) is 16.1 Å². The topological polar surface area (TPSA) is 78.7 Å². The number of carbonyl (C=O) groups excluding carboxylic acids is 2. The van der Waals surface area contributed by atoms with Crippen molar-refractivity contribution in [3.8, 4) is 0 Å². The maximum Gasteiger partial charge on any atom is 0.417 e. The molecular formula is C21H24ClF3N4O3. The average molecular weight is 473 g/mol. The second-order valence-corrected chi connectivity index (χ2v) is 8.11. The molecule has 1 fully saturated rings. The number of amides is 2. The first-order chi connectivity index (χ1) is 15.0. The molecule has 0 aliphatic carbocycles. The first-order valence-electron chi connectivity index (χ1n) is 10.1. The lowest BCUT2D eigenvalue weighted by atomic mass is 10.1. The lowest BCUT2D eigenvalue weighted by Crippen LogP contribution is -2.50. The summed E-state index contributed by atoms with van der Waals surface area (Å²) in [6.45, 7) is 5.63. The summed E-state index contributed by atoms with van der Waals surface area (Å²) < 4.78 is 44.0. The number of nitrogens with zero attached hydrogens (tertiary/aromatic N) is 3. The molecule has 1 N–H and O–H groups in total. The van der Waals surface area contributed by atoms with Crippen LogP contribution in [0.2, 0.25) is 5.02 Å². The predicted octanol–water partition coefficient (Wildman–Crippen LogP) is 3.68. The zero-order chi connectivity index (χ0) is 23.5. The summed E-state index contributed by atoms with van der Waals surface area (Å²) in [7, 11) is 0. The molecule has 2 aromatic rings. The summed E-state index contributed by atoms with van der Waals surface area (Å²) in [4.78, 5) is 28.4. The lowest BCUT2D eigenvalue weighted by molar-refractivity contribution is -0.137. The number of anilines is 1. The van der Waals surface area contributed by atoms with E-state index in [0.717, 1.165) is 23.4 Å². The molecule has 1 aliphatic heterocycles. The van der Waals surface area contributed by atoms with Gasteiger partial charge in [-0.1, -0.05) is 16.8 Å². The van der Waals surface area contributed by atoms with Crippen molar-refractivity contribution in [3.63, 3.8) is 0 Å². The minimum absolute atomic E-state index is 0.0189. The van der Waals surface area contributed by atoms with Gasteiger partial charge in [-0.2, -0.15) is 13.2 Å². The van der Waals surface area contributed by atoms with Crippen LogP contribution in [0.25, 0.3) is 0 Å². The Morgan fingerprint density at radius 3 is 2.47 bits per heavy atom. The number of alkyl halides is 3. The third-order valence-electron chi connectivity index (χ3n) is 5.42. The Kier molecular flexibility index (Phi) is 7.45. The van der Waals surface area contributed by atoms with E-state index in [0.29, 0.717) is 44.8 Å². The van der Waals surface area contributed by atoms with Crippen molar-refractivity contribution in [2.75, 3.05) is 38.0 Å². The minimum Gasteiger partial charge on any atom is -0.361 e. The molecule has 1 saturated heterocycles. The Labute approximate surface area is 188 Å². The molecule has 0 radical (unpaired) electrons. The van der Waals surface area contributed by atoms with Gasteiger partial charge in [0.2, 0.25) is 11.8 Å². The molecule has 1 aliphatic rings. The number of halogens is 4. The van der Waals surface area contributed by atoms with Gasteiger partial charge in [-0.25, -0.2) is 0 Å². The van der Waals surface area contributed by atoms with Gasteiger partial charge >= 0.3 is 6.18 Å². The van der Waals surface area contributed by atoms with Crippen LogP contribution in [0.3, 0.4) is 0 Å². The van der Waals surface area contributed by atoms with E-state index in [1.165, 1.54) is 6.07 Å². The third kappa shape index (κ3) is 6.01. The molecule has 0 atom stereocenters. The van der Waals surface area contributed by atoms with Gasteiger partial charge in [-0.05, 0) is 38.5 Å². The van der Waals surface area contributed by atoms with Crippen molar-refractivity contribution >= 4 is 29.1 Å². The van der Waals surface area contributed by atoms with Crippen LogP contribution in [-0.4, -0.2) is 59.5 Å². The average Bonchev–Trinajstić information content (AvgIpc) is 3.04. The second-order valence-electron chi connectivity index (χ2n) is 7.70. The van der Waals surface area contributed by atoms with Crippen LogP contribution in [0, 0.1) is 13.8 Å². The van der Waals surface area contributed by atoms with Gasteiger partial charge in [0.25, 0.3) is 0 Å². The van der Waals surface area contributed by atoms with Crippen LogP contribution in [0.1, 0.15) is 29.0 Å².